The molecule has 0 saturated carbocycles. The summed E-state index contributed by atoms with van der Waals surface area (Å²) in [5.41, 5.74) is 9.96. The second kappa shape index (κ2) is 13.0. The molecule has 0 spiro atoms. The summed E-state index contributed by atoms with van der Waals surface area (Å²) in [5, 5.41) is 13.7. The van der Waals surface area contributed by atoms with Crippen molar-refractivity contribution in [2.45, 2.75) is 44.9 Å². The number of rotatable bonds is 6. The van der Waals surface area contributed by atoms with Gasteiger partial charge in [0.1, 0.15) is 5.75 Å². The maximum absolute atomic E-state index is 12.4. The summed E-state index contributed by atoms with van der Waals surface area (Å²) in [7, 11) is -0.846. The fourth-order valence-corrected chi connectivity index (χ4v) is 10.1. The van der Waals surface area contributed by atoms with Crippen molar-refractivity contribution in [2.24, 2.45) is 4.99 Å². The van der Waals surface area contributed by atoms with Gasteiger partial charge in [0.2, 0.25) is 0 Å². The molecule has 0 aromatic heterocycles. The summed E-state index contributed by atoms with van der Waals surface area (Å²) in [5.74, 6) is 0.384. The van der Waals surface area contributed by atoms with E-state index < -0.39 is 13.3 Å². The molecular weight excluding hydrogens is 601 g/mol. The van der Waals surface area contributed by atoms with Gasteiger partial charge < -0.3 is 5.11 Å². The second-order valence-electron chi connectivity index (χ2n) is 13.8. The monoisotopic (exact) mass is 643 g/mol. The molecule has 6 aromatic rings. The number of phenolic OH excluding ortho intramolecular Hbond substituents is 1. The Morgan fingerprint density at radius 2 is 1.17 bits per heavy atom. The molecule has 3 heteroatoms. The van der Waals surface area contributed by atoms with Crippen LogP contribution in [0.3, 0.4) is 0 Å². The third-order valence-electron chi connectivity index (χ3n) is 9.63. The average molecular weight is 644 g/mol. The molecule has 0 aliphatic carbocycles. The van der Waals surface area contributed by atoms with Crippen molar-refractivity contribution in [3.8, 4) is 28.0 Å². The number of hydrogen-bond acceptors (Lipinski definition) is 2. The zero-order chi connectivity index (χ0) is 33.3. The average Bonchev–Trinajstić information content (AvgIpc) is 3.49. The maximum atomic E-state index is 12.4. The smallest absolute Gasteiger partial charge is 0.123 e. The van der Waals surface area contributed by atoms with Crippen molar-refractivity contribution in [3.63, 3.8) is 0 Å². The molecule has 1 aliphatic heterocycles. The first-order chi connectivity index (χ1) is 23.3. The van der Waals surface area contributed by atoms with E-state index in [-0.39, 0.29) is 5.41 Å². The van der Waals surface area contributed by atoms with Crippen molar-refractivity contribution in [3.05, 3.63) is 174 Å². The van der Waals surface area contributed by atoms with E-state index in [0.717, 1.165) is 62.7 Å². The Hall–Kier alpha value is -4.78. The van der Waals surface area contributed by atoms with Crippen LogP contribution in [-0.2, 0) is 10.8 Å². The molecule has 1 aliphatic rings. The van der Waals surface area contributed by atoms with Crippen LogP contribution >= 0.6 is 7.92 Å². The minimum absolute atomic E-state index is 0.233. The molecule has 1 saturated heterocycles. The molecule has 48 heavy (non-hydrogen) atoms. The fraction of sp³-hybridized carbons (Fsp3) is 0.178. The molecule has 6 aromatic carbocycles. The highest BCUT2D eigenvalue weighted by atomic mass is 31.1. The normalized spacial score (nSPS) is 18.7. The molecule has 1 N–H and O–H groups in total. The van der Waals surface area contributed by atoms with Crippen LogP contribution in [0.5, 0.6) is 5.75 Å². The largest absolute Gasteiger partial charge is 0.507 e. The summed E-state index contributed by atoms with van der Waals surface area (Å²) in [6, 6.07) is 53.9. The predicted octanol–water partition coefficient (Wildman–Crippen LogP) is 11.6. The standard InChI is InChI=1S/C45H42NOP/c1-32-30-39(44(2,3)4)42(47)40(31-32)45(35-22-13-7-14-23-35)28-29-48(36-24-15-8-16-25-36)43(45)46-41-37(33-18-9-5-10-19-33)26-17-27-38(41)34-20-11-6-12-21-34/h5-27,30-31,47H,28-29H2,1-4H3. The first-order valence-corrected chi connectivity index (χ1v) is 18.4. The molecule has 7 rings (SSSR count). The Bertz CT molecular complexity index is 2010. The van der Waals surface area contributed by atoms with E-state index in [4.69, 9.17) is 4.99 Å². The quantitative estimate of drug-likeness (QED) is 0.180. The Balaban J connectivity index is 1.62. The van der Waals surface area contributed by atoms with Gasteiger partial charge in [-0.15, -0.1) is 0 Å². The lowest BCUT2D eigenvalue weighted by Crippen LogP contribution is -2.33. The van der Waals surface area contributed by atoms with Crippen LogP contribution in [0.2, 0.25) is 0 Å². The van der Waals surface area contributed by atoms with Crippen molar-refractivity contribution < 1.29 is 5.11 Å². The molecule has 2 nitrogen and oxygen atoms in total. The topological polar surface area (TPSA) is 32.6 Å². The molecule has 0 bridgehead atoms. The summed E-state index contributed by atoms with van der Waals surface area (Å²) in [6.07, 6.45) is 1.82. The minimum Gasteiger partial charge on any atom is -0.507 e. The van der Waals surface area contributed by atoms with Crippen LogP contribution in [0.25, 0.3) is 22.3 Å². The number of aliphatic imine (C=N–C) groups is 1. The van der Waals surface area contributed by atoms with Crippen LogP contribution in [0, 0.1) is 6.92 Å². The zero-order valence-corrected chi connectivity index (χ0v) is 29.1. The number of aryl methyl sites for hydroxylation is 1. The van der Waals surface area contributed by atoms with Crippen LogP contribution < -0.4 is 5.30 Å². The maximum Gasteiger partial charge on any atom is 0.123 e. The summed E-state index contributed by atoms with van der Waals surface area (Å²) >= 11 is 0. The Kier molecular flexibility index (Phi) is 8.63. The van der Waals surface area contributed by atoms with Crippen LogP contribution in [-0.4, -0.2) is 16.7 Å². The number of benzene rings is 6. The van der Waals surface area contributed by atoms with E-state index in [0.29, 0.717) is 5.75 Å². The van der Waals surface area contributed by atoms with Crippen molar-refractivity contribution in [1.29, 1.82) is 0 Å². The predicted molar refractivity (Wildman–Crippen MR) is 206 cm³/mol. The first kappa shape index (κ1) is 31.8. The van der Waals surface area contributed by atoms with Gasteiger partial charge in [-0.05, 0) is 60.4 Å². The second-order valence-corrected chi connectivity index (χ2v) is 16.1. The first-order valence-electron chi connectivity index (χ1n) is 16.8. The SMILES string of the molecule is Cc1cc(C(C)(C)C)c(O)c(C2(c3ccccc3)CCP(c3ccccc3)C2=Nc2c(-c3ccccc3)cccc2-c2ccccc2)c1. The highest BCUT2D eigenvalue weighted by Crippen LogP contribution is 2.61. The molecule has 1 fully saturated rings. The van der Waals surface area contributed by atoms with E-state index in [1.54, 1.807) is 0 Å². The number of hydrogen-bond donors (Lipinski definition) is 1. The van der Waals surface area contributed by atoms with Crippen molar-refractivity contribution >= 4 is 24.4 Å². The molecule has 2 unspecified atom stereocenters. The van der Waals surface area contributed by atoms with Crippen molar-refractivity contribution in [2.75, 3.05) is 6.16 Å². The lowest BCUT2D eigenvalue weighted by molar-refractivity contribution is 0.432. The van der Waals surface area contributed by atoms with E-state index in [1.807, 2.05) is 0 Å². The number of para-hydroxylation sites is 1. The van der Waals surface area contributed by atoms with Gasteiger partial charge in [-0.25, -0.2) is 0 Å². The van der Waals surface area contributed by atoms with Gasteiger partial charge in [-0.1, -0.05) is 178 Å². The van der Waals surface area contributed by atoms with Crippen LogP contribution in [0.15, 0.2) is 157 Å². The van der Waals surface area contributed by atoms with Gasteiger partial charge in [0.15, 0.2) is 0 Å². The fourth-order valence-electron chi connectivity index (χ4n) is 7.30. The van der Waals surface area contributed by atoms with Gasteiger partial charge in [0.25, 0.3) is 0 Å². The third kappa shape index (κ3) is 5.80. The van der Waals surface area contributed by atoms with Gasteiger partial charge >= 0.3 is 0 Å². The van der Waals surface area contributed by atoms with Crippen molar-refractivity contribution in [1.82, 2.24) is 0 Å². The molecule has 0 radical (unpaired) electrons. The van der Waals surface area contributed by atoms with E-state index in [9.17, 15) is 5.11 Å². The van der Waals surface area contributed by atoms with Gasteiger partial charge in [-0.3, -0.25) is 4.99 Å². The highest BCUT2D eigenvalue weighted by Gasteiger charge is 2.50. The molecule has 0 amide bonds. The Labute approximate surface area is 286 Å². The van der Waals surface area contributed by atoms with E-state index in [2.05, 4.69) is 179 Å². The molecule has 1 heterocycles. The Morgan fingerprint density at radius 3 is 1.71 bits per heavy atom. The third-order valence-corrected chi connectivity index (χ3v) is 12.2. The number of phenols is 1. The van der Waals surface area contributed by atoms with Gasteiger partial charge in [0.05, 0.1) is 16.6 Å². The zero-order valence-electron chi connectivity index (χ0n) is 28.2. The minimum atomic E-state index is -0.846. The summed E-state index contributed by atoms with van der Waals surface area (Å²) in [6.45, 7) is 8.70. The highest BCUT2D eigenvalue weighted by molar-refractivity contribution is 7.82. The lowest BCUT2D eigenvalue weighted by Gasteiger charge is -2.35. The van der Waals surface area contributed by atoms with Gasteiger partial charge in [0, 0.05) is 16.7 Å². The molecule has 238 valence electrons. The molecular formula is C45H42NOP. The number of nitrogens with zero attached hydrogens (tertiary/aromatic N) is 1. The summed E-state index contributed by atoms with van der Waals surface area (Å²) in [4.78, 5) is 5.97. The van der Waals surface area contributed by atoms with Crippen LogP contribution in [0.1, 0.15) is 49.4 Å². The Morgan fingerprint density at radius 1 is 0.646 bits per heavy atom. The summed E-state index contributed by atoms with van der Waals surface area (Å²) < 4.78 is 0. The van der Waals surface area contributed by atoms with E-state index in [1.165, 1.54) is 10.9 Å². The molecule has 2 atom stereocenters. The van der Waals surface area contributed by atoms with E-state index >= 15 is 0 Å². The lowest BCUT2D eigenvalue weighted by atomic mass is 9.70. The van der Waals surface area contributed by atoms with Gasteiger partial charge in [-0.2, -0.15) is 0 Å². The number of aromatic hydroxyl groups is 1. The van der Waals surface area contributed by atoms with Crippen LogP contribution in [0.4, 0.5) is 5.69 Å².